The molecule has 264 valence electrons. The molecule has 0 aliphatic rings. The van der Waals surface area contributed by atoms with Crippen molar-refractivity contribution in [3.05, 3.63) is 77.9 Å². The number of thioether (sulfide) groups is 1. The number of nitrogens with zero attached hydrogens (tertiary/aromatic N) is 1. The minimum absolute atomic E-state index is 0.183. The summed E-state index contributed by atoms with van der Waals surface area (Å²) in [6, 6.07) is 13.4. The maximum atomic E-state index is 14.8. The van der Waals surface area contributed by atoms with E-state index in [1.807, 2.05) is 63.4 Å². The van der Waals surface area contributed by atoms with Crippen molar-refractivity contribution in [3.63, 3.8) is 0 Å². The van der Waals surface area contributed by atoms with Crippen LogP contribution < -0.4 is 10.6 Å². The van der Waals surface area contributed by atoms with Crippen LogP contribution in [0.5, 0.6) is 0 Å². The number of rotatable bonds is 15. The van der Waals surface area contributed by atoms with E-state index in [-0.39, 0.29) is 6.42 Å². The maximum absolute atomic E-state index is 14.8. The van der Waals surface area contributed by atoms with Gasteiger partial charge in [-0.3, -0.25) is 9.59 Å². The Kier molecular flexibility index (Phi) is 14.8. The summed E-state index contributed by atoms with van der Waals surface area (Å²) in [7, 11) is 0. The van der Waals surface area contributed by atoms with Crippen LogP contribution in [0.2, 0.25) is 0 Å². The molecule has 0 fully saturated rings. The Hall–Kier alpha value is -3.79. The predicted octanol–water partition coefficient (Wildman–Crippen LogP) is 7.10. The smallest absolute Gasteiger partial charge is 0.408 e. The average Bonchev–Trinajstić information content (AvgIpc) is 2.99. The van der Waals surface area contributed by atoms with Crippen LogP contribution in [-0.2, 0) is 30.3 Å². The Morgan fingerprint density at radius 3 is 2.04 bits per heavy atom. The summed E-state index contributed by atoms with van der Waals surface area (Å²) >= 11 is 1.54. The minimum atomic E-state index is -1.18. The van der Waals surface area contributed by atoms with Crippen molar-refractivity contribution in [2.45, 2.75) is 116 Å². The fourth-order valence-electron chi connectivity index (χ4n) is 5.00. The topological polar surface area (TPSA) is 114 Å². The molecule has 3 unspecified atom stereocenters. The number of carbonyl (C=O) groups is 4. The molecule has 0 aliphatic heterocycles. The quantitative estimate of drug-likeness (QED) is 0.193. The normalized spacial score (nSPS) is 13.8. The Balaban J connectivity index is 2.73. The lowest BCUT2D eigenvalue weighted by Crippen LogP contribution is -2.60. The minimum Gasteiger partial charge on any atom is -0.458 e. The van der Waals surface area contributed by atoms with E-state index < -0.39 is 58.7 Å². The molecule has 3 amide bonds. The van der Waals surface area contributed by atoms with Gasteiger partial charge >= 0.3 is 12.1 Å². The second-order valence-electron chi connectivity index (χ2n) is 14.4. The standard InChI is InChI=1S/C38H55N3O6S/c1-12-26-20-17-21-28(24-26)31(32(42)39-30(34(44)46-36(3,4)5)25-27-18-15-14-16-19-27)41(38(9,10)13-2)33(43)29(22-23-48-11)40-35(45)47-37(6,7)8/h12,14-21,24,29-31H,1,13,22-23,25H2,2-11H3,(H,39,42)(H,40,45). The Labute approximate surface area is 291 Å². The lowest BCUT2D eigenvalue weighted by atomic mass is 9.91. The first-order valence-electron chi connectivity index (χ1n) is 16.4. The third-order valence-corrected chi connectivity index (χ3v) is 8.26. The molecule has 2 rings (SSSR count). The summed E-state index contributed by atoms with van der Waals surface area (Å²) < 4.78 is 11.3. The highest BCUT2D eigenvalue weighted by Gasteiger charge is 2.44. The van der Waals surface area contributed by atoms with Gasteiger partial charge in [-0.15, -0.1) is 0 Å². The number of ether oxygens (including phenoxy) is 2. The number of esters is 1. The number of hydrogen-bond donors (Lipinski definition) is 2. The molecular formula is C38H55N3O6S. The fraction of sp³-hybridized carbons (Fsp3) is 0.526. The van der Waals surface area contributed by atoms with E-state index in [0.29, 0.717) is 24.2 Å². The van der Waals surface area contributed by atoms with Crippen LogP contribution in [-0.4, -0.2) is 69.6 Å². The molecular weight excluding hydrogens is 626 g/mol. The first-order chi connectivity index (χ1) is 22.3. The monoisotopic (exact) mass is 681 g/mol. The Bertz CT molecular complexity index is 1400. The fourth-order valence-corrected chi connectivity index (χ4v) is 5.47. The van der Waals surface area contributed by atoms with Gasteiger partial charge in [0.15, 0.2) is 0 Å². The van der Waals surface area contributed by atoms with Gasteiger partial charge in [0, 0.05) is 12.0 Å². The number of nitrogens with one attached hydrogen (secondary N) is 2. The SMILES string of the molecule is C=Cc1cccc(C(C(=O)NC(Cc2ccccc2)C(=O)OC(C)(C)C)N(C(=O)C(CCSC)NC(=O)OC(C)(C)C)C(C)(C)CC)c1. The summed E-state index contributed by atoms with van der Waals surface area (Å²) in [4.78, 5) is 57.6. The number of carbonyl (C=O) groups excluding carboxylic acids is 4. The van der Waals surface area contributed by atoms with Gasteiger partial charge in [-0.25, -0.2) is 9.59 Å². The van der Waals surface area contributed by atoms with Gasteiger partial charge < -0.3 is 25.0 Å². The molecule has 2 N–H and O–H groups in total. The van der Waals surface area contributed by atoms with E-state index in [4.69, 9.17) is 9.47 Å². The largest absolute Gasteiger partial charge is 0.458 e. The van der Waals surface area contributed by atoms with Gasteiger partial charge in [-0.1, -0.05) is 68.1 Å². The highest BCUT2D eigenvalue weighted by Crippen LogP contribution is 2.33. The summed E-state index contributed by atoms with van der Waals surface area (Å²) in [5, 5.41) is 5.74. The third kappa shape index (κ3) is 12.7. The molecule has 2 aromatic carbocycles. The van der Waals surface area contributed by atoms with E-state index in [2.05, 4.69) is 17.2 Å². The highest BCUT2D eigenvalue weighted by molar-refractivity contribution is 7.98. The van der Waals surface area contributed by atoms with E-state index in [9.17, 15) is 19.2 Å². The zero-order chi connectivity index (χ0) is 36.3. The van der Waals surface area contributed by atoms with Gasteiger partial charge in [-0.2, -0.15) is 11.8 Å². The van der Waals surface area contributed by atoms with Crippen LogP contribution in [0.25, 0.3) is 6.08 Å². The summed E-state index contributed by atoms with van der Waals surface area (Å²) in [5.41, 5.74) is -0.313. The Morgan fingerprint density at radius 1 is 0.875 bits per heavy atom. The number of hydrogen-bond acceptors (Lipinski definition) is 7. The van der Waals surface area contributed by atoms with Crippen molar-refractivity contribution in [2.24, 2.45) is 0 Å². The molecule has 0 heterocycles. The molecule has 2 aromatic rings. The molecule has 0 aromatic heterocycles. The molecule has 48 heavy (non-hydrogen) atoms. The highest BCUT2D eigenvalue weighted by atomic mass is 32.2. The molecule has 0 spiro atoms. The van der Waals surface area contributed by atoms with Gasteiger partial charge in [0.2, 0.25) is 11.8 Å². The second kappa shape index (κ2) is 17.6. The molecule has 10 heteroatoms. The molecule has 0 bridgehead atoms. The van der Waals surface area contributed by atoms with Gasteiger partial charge in [-0.05, 0) is 103 Å². The first-order valence-corrected chi connectivity index (χ1v) is 17.8. The van der Waals surface area contributed by atoms with Crippen LogP contribution in [0.1, 0.15) is 97.9 Å². The van der Waals surface area contributed by atoms with E-state index in [0.717, 1.165) is 11.1 Å². The van der Waals surface area contributed by atoms with E-state index in [1.54, 1.807) is 82.5 Å². The molecule has 0 saturated carbocycles. The second-order valence-corrected chi connectivity index (χ2v) is 15.4. The Morgan fingerprint density at radius 2 is 1.50 bits per heavy atom. The van der Waals surface area contributed by atoms with Crippen molar-refractivity contribution >= 4 is 41.7 Å². The lowest BCUT2D eigenvalue weighted by Gasteiger charge is -2.45. The number of alkyl carbamates (subject to hydrolysis) is 1. The van der Waals surface area contributed by atoms with Crippen molar-refractivity contribution in [1.82, 2.24) is 15.5 Å². The van der Waals surface area contributed by atoms with Crippen LogP contribution in [0.3, 0.4) is 0 Å². The van der Waals surface area contributed by atoms with Crippen molar-refractivity contribution in [3.8, 4) is 0 Å². The molecule has 0 saturated heterocycles. The van der Waals surface area contributed by atoms with Crippen molar-refractivity contribution in [1.29, 1.82) is 0 Å². The third-order valence-electron chi connectivity index (χ3n) is 7.61. The summed E-state index contributed by atoms with van der Waals surface area (Å²) in [6.07, 6.45) is 3.85. The van der Waals surface area contributed by atoms with E-state index in [1.165, 1.54) is 0 Å². The summed E-state index contributed by atoms with van der Waals surface area (Å²) in [6.45, 7) is 20.2. The van der Waals surface area contributed by atoms with Gasteiger partial charge in [0.25, 0.3) is 0 Å². The maximum Gasteiger partial charge on any atom is 0.408 e. The summed E-state index contributed by atoms with van der Waals surface area (Å²) in [5.74, 6) is -1.01. The average molecular weight is 682 g/mol. The van der Waals surface area contributed by atoms with Gasteiger partial charge in [0.05, 0.1) is 0 Å². The van der Waals surface area contributed by atoms with Crippen LogP contribution in [0, 0.1) is 0 Å². The van der Waals surface area contributed by atoms with Gasteiger partial charge in [0.1, 0.15) is 29.3 Å². The first kappa shape index (κ1) is 40.4. The molecule has 3 atom stereocenters. The zero-order valence-corrected chi connectivity index (χ0v) is 31.2. The van der Waals surface area contributed by atoms with Crippen molar-refractivity contribution in [2.75, 3.05) is 12.0 Å². The molecule has 0 aliphatic carbocycles. The van der Waals surface area contributed by atoms with Crippen molar-refractivity contribution < 1.29 is 28.7 Å². The molecule has 0 radical (unpaired) electrons. The van der Waals surface area contributed by atoms with Crippen LogP contribution >= 0.6 is 11.8 Å². The van der Waals surface area contributed by atoms with Crippen LogP contribution in [0.15, 0.2) is 61.2 Å². The van der Waals surface area contributed by atoms with Crippen LogP contribution in [0.4, 0.5) is 4.79 Å². The lowest BCUT2D eigenvalue weighted by molar-refractivity contribution is -0.159. The molecule has 9 nitrogen and oxygen atoms in total. The zero-order valence-electron chi connectivity index (χ0n) is 30.3. The number of benzene rings is 2. The van der Waals surface area contributed by atoms with E-state index >= 15 is 0 Å². The predicted molar refractivity (Wildman–Crippen MR) is 195 cm³/mol. The number of amides is 3.